The van der Waals surface area contributed by atoms with E-state index in [4.69, 9.17) is 0 Å². The van der Waals surface area contributed by atoms with Crippen LogP contribution in [0.2, 0.25) is 0 Å². The minimum Gasteiger partial charge on any atom is -0.395 e. The number of aliphatic hydroxyl groups excluding tert-OH is 4. The molecular formula is C40H46N12O10S2. The van der Waals surface area contributed by atoms with Crippen LogP contribution in [0.4, 0.5) is 58.4 Å². The zero-order valence-corrected chi connectivity index (χ0v) is 35.5. The molecule has 0 unspecified atom stereocenters. The predicted octanol–water partition coefficient (Wildman–Crippen LogP) is 4.61. The number of aliphatic hydroxyl groups is 4. The molecule has 6 rings (SSSR count). The molecule has 0 spiro atoms. The number of anilines is 10. The molecule has 4 aromatic carbocycles. The van der Waals surface area contributed by atoms with Crippen molar-refractivity contribution < 1.29 is 47.1 Å². The summed E-state index contributed by atoms with van der Waals surface area (Å²) in [5, 5.41) is 50.5. The summed E-state index contributed by atoms with van der Waals surface area (Å²) >= 11 is 0. The molecule has 0 saturated heterocycles. The lowest BCUT2D eigenvalue weighted by Crippen LogP contribution is -2.31. The second kappa shape index (κ2) is 21.7. The van der Waals surface area contributed by atoms with Crippen LogP contribution >= 0.6 is 10.9 Å². The molecule has 0 radical (unpaired) electrons. The summed E-state index contributed by atoms with van der Waals surface area (Å²) in [6.45, 7) is -0.705. The van der Waals surface area contributed by atoms with Gasteiger partial charge in [-0.3, -0.25) is 4.55 Å². The van der Waals surface area contributed by atoms with Crippen molar-refractivity contribution in [3.05, 3.63) is 108 Å². The quantitative estimate of drug-likeness (QED) is 0.0327. The lowest BCUT2D eigenvalue weighted by molar-refractivity contribution is 0.279. The van der Waals surface area contributed by atoms with E-state index in [0.29, 0.717) is 11.4 Å². The Kier molecular flexibility index (Phi) is 15.9. The van der Waals surface area contributed by atoms with E-state index in [-0.39, 0.29) is 116 Å². The van der Waals surface area contributed by atoms with Gasteiger partial charge in [0.25, 0.3) is 10.1 Å². The molecule has 0 atom stereocenters. The van der Waals surface area contributed by atoms with Gasteiger partial charge in [-0.05, 0) is 59.7 Å². The van der Waals surface area contributed by atoms with E-state index in [1.807, 2.05) is 12.1 Å². The second-order valence-corrected chi connectivity index (χ2v) is 16.4. The van der Waals surface area contributed by atoms with Crippen LogP contribution in [-0.2, 0) is 10.1 Å². The van der Waals surface area contributed by atoms with E-state index in [1.165, 1.54) is 52.3 Å². The molecule has 24 heteroatoms. The van der Waals surface area contributed by atoms with Crippen LogP contribution in [0.1, 0.15) is 11.1 Å². The van der Waals surface area contributed by atoms with Gasteiger partial charge in [-0.25, -0.2) is 0 Å². The molecule has 0 aliphatic heterocycles. The van der Waals surface area contributed by atoms with Crippen molar-refractivity contribution in [3.63, 3.8) is 0 Å². The van der Waals surface area contributed by atoms with Crippen LogP contribution in [-0.4, -0.2) is 130 Å². The fourth-order valence-electron chi connectivity index (χ4n) is 6.04. The highest BCUT2D eigenvalue weighted by Gasteiger charge is 2.22. The number of para-hydroxylation sites is 2. The fraction of sp³-hybridized carbons (Fsp3) is 0.200. The van der Waals surface area contributed by atoms with Gasteiger partial charge in [0, 0.05) is 48.9 Å². The van der Waals surface area contributed by atoms with Crippen LogP contribution in [0.25, 0.3) is 12.2 Å². The number of benzene rings is 4. The van der Waals surface area contributed by atoms with Crippen molar-refractivity contribution >= 4 is 91.6 Å². The van der Waals surface area contributed by atoms with E-state index >= 15 is 0 Å². The molecule has 2 heterocycles. The van der Waals surface area contributed by atoms with Crippen molar-refractivity contribution in [3.8, 4) is 0 Å². The summed E-state index contributed by atoms with van der Waals surface area (Å²) in [5.74, 6) is 0.311. The molecular weight excluding hydrogens is 873 g/mol. The number of hydrogen-bond acceptors (Lipinski definition) is 21. The van der Waals surface area contributed by atoms with Gasteiger partial charge in [-0.2, -0.15) is 38.3 Å². The molecule has 0 fully saturated rings. The first-order valence-electron chi connectivity index (χ1n) is 19.3. The first kappa shape index (κ1) is 46.9. The van der Waals surface area contributed by atoms with Crippen molar-refractivity contribution in [2.75, 3.05) is 83.7 Å². The largest absolute Gasteiger partial charge is 0.395 e. The number of nitrogens with one attached hydrogen (secondary N) is 4. The molecule has 0 aliphatic rings. The highest BCUT2D eigenvalue weighted by atomic mass is 32.3. The Morgan fingerprint density at radius 2 is 0.797 bits per heavy atom. The van der Waals surface area contributed by atoms with Gasteiger partial charge < -0.3 is 65.2 Å². The maximum atomic E-state index is 12.7. The van der Waals surface area contributed by atoms with E-state index in [1.54, 1.807) is 48.5 Å². The molecule has 0 aliphatic carbocycles. The Labute approximate surface area is 369 Å². The highest BCUT2D eigenvalue weighted by Crippen LogP contribution is 2.47. The zero-order valence-electron chi connectivity index (χ0n) is 33.8. The van der Waals surface area contributed by atoms with Crippen LogP contribution in [0, 0.1) is 0 Å². The minimum absolute atomic E-state index is 0.0239. The van der Waals surface area contributed by atoms with Gasteiger partial charge >= 0.3 is 0 Å². The first-order chi connectivity index (χ1) is 30.8. The first-order valence-corrected chi connectivity index (χ1v) is 22.3. The molecule has 0 bridgehead atoms. The van der Waals surface area contributed by atoms with Crippen LogP contribution < -0.4 is 31.1 Å². The van der Waals surface area contributed by atoms with Crippen molar-refractivity contribution in [2.45, 2.75) is 9.79 Å². The monoisotopic (exact) mass is 918 g/mol. The molecule has 338 valence electrons. The molecule has 6 aromatic rings. The normalized spacial score (nSPS) is 11.9. The fourth-order valence-corrected chi connectivity index (χ4v) is 7.49. The average molecular weight is 919 g/mol. The Hall–Kier alpha value is -6.58. The number of rotatable bonds is 22. The lowest BCUT2D eigenvalue weighted by atomic mass is 10.1. The molecule has 0 amide bonds. The lowest BCUT2D eigenvalue weighted by Gasteiger charge is -2.23. The summed E-state index contributed by atoms with van der Waals surface area (Å²) in [4.78, 5) is 28.7. The smallest absolute Gasteiger partial charge is 0.295 e. The van der Waals surface area contributed by atoms with Crippen molar-refractivity contribution in [2.24, 2.45) is 0 Å². The molecule has 12 N–H and O–H groups in total. The number of hydrogen-bond donors (Lipinski definition) is 12. The Balaban J connectivity index is 1.30. The van der Waals surface area contributed by atoms with Gasteiger partial charge in [0.15, 0.2) is 0 Å². The van der Waals surface area contributed by atoms with Crippen LogP contribution in [0.15, 0.2) is 107 Å². The summed E-state index contributed by atoms with van der Waals surface area (Å²) < 4.78 is 67.3. The van der Waals surface area contributed by atoms with Gasteiger partial charge in [0.2, 0.25) is 35.7 Å². The highest BCUT2D eigenvalue weighted by molar-refractivity contribution is 8.19. The summed E-state index contributed by atoms with van der Waals surface area (Å²) in [6, 6.07) is 26.1. The Morgan fingerprint density at radius 1 is 0.453 bits per heavy atom. The molecule has 0 saturated carbocycles. The third-order valence-electron chi connectivity index (χ3n) is 8.91. The van der Waals surface area contributed by atoms with E-state index < -0.39 is 25.9 Å². The summed E-state index contributed by atoms with van der Waals surface area (Å²) in [5.41, 5.74) is 1.65. The van der Waals surface area contributed by atoms with Crippen LogP contribution in [0.3, 0.4) is 0 Å². The summed E-state index contributed by atoms with van der Waals surface area (Å²) in [6.07, 6.45) is 2.59. The van der Waals surface area contributed by atoms with E-state index in [0.717, 1.165) is 6.07 Å². The summed E-state index contributed by atoms with van der Waals surface area (Å²) in [7, 11) is -9.30. The van der Waals surface area contributed by atoms with Crippen molar-refractivity contribution in [1.82, 2.24) is 29.9 Å². The van der Waals surface area contributed by atoms with Gasteiger partial charge in [0.1, 0.15) is 15.8 Å². The minimum atomic E-state index is -4.89. The topological polar surface area (TPSA) is 328 Å². The van der Waals surface area contributed by atoms with Crippen molar-refractivity contribution in [1.29, 1.82) is 0 Å². The third-order valence-corrected chi connectivity index (χ3v) is 10.8. The van der Waals surface area contributed by atoms with Gasteiger partial charge in [-0.15, -0.1) is 0 Å². The van der Waals surface area contributed by atoms with Crippen LogP contribution in [0.5, 0.6) is 0 Å². The predicted molar refractivity (Wildman–Crippen MR) is 244 cm³/mol. The third kappa shape index (κ3) is 13.0. The Morgan fingerprint density at radius 3 is 1.14 bits per heavy atom. The maximum Gasteiger partial charge on any atom is 0.295 e. The Bertz CT molecular complexity index is 2620. The average Bonchev–Trinajstić information content (AvgIpc) is 3.26. The molecule has 64 heavy (non-hydrogen) atoms. The van der Waals surface area contributed by atoms with E-state index in [9.17, 15) is 47.1 Å². The SMILES string of the molecule is O=S(=O)(O)c1cc(Nc2nc(Nc3ccccc3)nc(N(CCO)CCO)n2)ccc1C=Cc1ccc(Nc2nc(Nc3ccccc3)nc(N(CCO)CCO)n2)cc1S(O)(O)O. The molecule has 22 nitrogen and oxygen atoms in total. The van der Waals surface area contributed by atoms with Gasteiger partial charge in [0.05, 0.1) is 31.3 Å². The van der Waals surface area contributed by atoms with E-state index in [2.05, 4.69) is 51.2 Å². The number of aromatic nitrogens is 6. The number of nitrogens with zero attached hydrogens (tertiary/aromatic N) is 8. The second-order valence-electron chi connectivity index (χ2n) is 13.5. The molecule has 2 aromatic heterocycles. The van der Waals surface area contributed by atoms with Gasteiger partial charge in [-0.1, -0.05) is 60.7 Å². The maximum absolute atomic E-state index is 12.7. The standard InChI is InChI=1S/C40H46N12O10S2/c53-21-17-51(18-22-54)39-47-35(41-29-7-3-1-4-8-29)45-37(49-39)43-31-15-13-27(33(25-31)63(57,58)59)11-12-28-14-16-32(26-34(28)64(60,61)62)44-38-46-36(42-30-9-5-2-6-10-30)48-40(50-38)52(19-23-55)20-24-56/h1-16,25-26,53-59H,17-24H2,(H,60,61,62)(H2,41,43,45,47,49)(H2,42,44,46,48,50). The zero-order chi connectivity index (χ0) is 45.7.